The second kappa shape index (κ2) is 5.61. The largest absolute Gasteiger partial charge is 0.444 e. The number of carbonyl (C=O) groups excluding carboxylic acids is 1. The second-order valence-corrected chi connectivity index (χ2v) is 6.64. The Balaban J connectivity index is 1.62. The molecule has 1 unspecified atom stereocenters. The number of carbonyl (C=O) groups is 1. The van der Waals surface area contributed by atoms with Crippen molar-refractivity contribution in [3.05, 3.63) is 29.5 Å². The normalized spacial score (nSPS) is 17.4. The highest BCUT2D eigenvalue weighted by molar-refractivity contribution is 7.13. The lowest BCUT2D eigenvalue weighted by molar-refractivity contribution is -0.123. The summed E-state index contributed by atoms with van der Waals surface area (Å²) in [6.07, 6.45) is 3.80. The van der Waals surface area contributed by atoms with Crippen molar-refractivity contribution in [2.24, 2.45) is 5.92 Å². The summed E-state index contributed by atoms with van der Waals surface area (Å²) in [4.78, 5) is 17.4. The Bertz CT molecular complexity index is 619. The molecule has 112 valence electrons. The molecule has 0 aliphatic heterocycles. The van der Waals surface area contributed by atoms with Crippen molar-refractivity contribution < 1.29 is 14.3 Å². The van der Waals surface area contributed by atoms with Crippen molar-refractivity contribution in [2.75, 3.05) is 6.61 Å². The summed E-state index contributed by atoms with van der Waals surface area (Å²) < 4.78 is 5.40. The van der Waals surface area contributed by atoms with Gasteiger partial charge in [-0.1, -0.05) is 6.07 Å². The number of aromatic nitrogens is 1. The molecule has 1 atom stereocenters. The van der Waals surface area contributed by atoms with Gasteiger partial charge in [0.05, 0.1) is 29.1 Å². The van der Waals surface area contributed by atoms with Gasteiger partial charge in [0.25, 0.3) is 0 Å². The van der Waals surface area contributed by atoms with E-state index >= 15 is 0 Å². The maximum absolute atomic E-state index is 12.1. The molecule has 2 aromatic rings. The molecular weight excluding hydrogens is 288 g/mol. The minimum atomic E-state index is -0.516. The van der Waals surface area contributed by atoms with Crippen LogP contribution < -0.4 is 5.32 Å². The third-order valence-electron chi connectivity index (χ3n) is 3.86. The Kier molecular flexibility index (Phi) is 3.82. The number of nitrogens with one attached hydrogen (secondary N) is 1. The number of hydrogen-bond donors (Lipinski definition) is 2. The van der Waals surface area contributed by atoms with Crippen molar-refractivity contribution in [1.82, 2.24) is 10.3 Å². The monoisotopic (exact) mass is 306 g/mol. The minimum absolute atomic E-state index is 0.0390. The van der Waals surface area contributed by atoms with Crippen molar-refractivity contribution in [2.45, 2.75) is 31.7 Å². The molecule has 0 aromatic carbocycles. The lowest BCUT2D eigenvalue weighted by atomic mass is 9.96. The second-order valence-electron chi connectivity index (χ2n) is 5.70. The van der Waals surface area contributed by atoms with E-state index in [1.807, 2.05) is 24.4 Å². The molecule has 5 nitrogen and oxygen atoms in total. The van der Waals surface area contributed by atoms with E-state index in [0.717, 1.165) is 17.7 Å². The molecule has 3 rings (SSSR count). The average Bonchev–Trinajstić information content (AvgIpc) is 3.00. The van der Waals surface area contributed by atoms with Gasteiger partial charge in [0.1, 0.15) is 6.26 Å². The molecule has 2 aromatic heterocycles. The smallest absolute Gasteiger partial charge is 0.236 e. The van der Waals surface area contributed by atoms with Gasteiger partial charge in [-0.25, -0.2) is 4.98 Å². The first-order valence-corrected chi connectivity index (χ1v) is 7.89. The molecule has 1 aliphatic rings. The van der Waals surface area contributed by atoms with E-state index in [0.29, 0.717) is 17.5 Å². The number of aliphatic hydroxyl groups is 1. The highest BCUT2D eigenvalue weighted by atomic mass is 32.1. The first-order chi connectivity index (χ1) is 10.1. The first-order valence-electron chi connectivity index (χ1n) is 7.01. The van der Waals surface area contributed by atoms with Crippen LogP contribution in [0, 0.1) is 5.92 Å². The van der Waals surface area contributed by atoms with Gasteiger partial charge in [-0.05, 0) is 37.1 Å². The fourth-order valence-electron chi connectivity index (χ4n) is 2.42. The molecule has 1 aliphatic carbocycles. The summed E-state index contributed by atoms with van der Waals surface area (Å²) in [5.74, 6) is 0.787. The first kappa shape index (κ1) is 14.3. The van der Waals surface area contributed by atoms with Crippen LogP contribution in [0.1, 0.15) is 25.5 Å². The van der Waals surface area contributed by atoms with Gasteiger partial charge in [-0.2, -0.15) is 0 Å². The van der Waals surface area contributed by atoms with Crippen LogP contribution >= 0.6 is 11.3 Å². The fourth-order valence-corrected chi connectivity index (χ4v) is 3.08. The predicted octanol–water partition coefficient (Wildman–Crippen LogP) is 2.22. The summed E-state index contributed by atoms with van der Waals surface area (Å²) >= 11 is 1.54. The zero-order valence-corrected chi connectivity index (χ0v) is 12.7. The zero-order chi connectivity index (χ0) is 14.9. The van der Waals surface area contributed by atoms with E-state index in [2.05, 4.69) is 10.3 Å². The summed E-state index contributed by atoms with van der Waals surface area (Å²) in [5, 5.41) is 14.4. The van der Waals surface area contributed by atoms with Crippen LogP contribution in [0.2, 0.25) is 0 Å². The molecule has 1 amide bonds. The fraction of sp³-hybridized carbons (Fsp3) is 0.467. The molecule has 0 radical (unpaired) electrons. The molecule has 0 spiro atoms. The van der Waals surface area contributed by atoms with E-state index in [1.54, 1.807) is 11.3 Å². The number of thiophene rings is 1. The number of aliphatic hydroxyl groups excluding tert-OH is 1. The van der Waals surface area contributed by atoms with Gasteiger partial charge in [-0.3, -0.25) is 4.79 Å². The van der Waals surface area contributed by atoms with E-state index in [1.165, 1.54) is 6.26 Å². The Morgan fingerprint density at radius 2 is 2.43 bits per heavy atom. The van der Waals surface area contributed by atoms with Gasteiger partial charge < -0.3 is 14.8 Å². The molecule has 2 heterocycles. The SMILES string of the molecule is CC(CO)(NC(=O)Cc1coc(-c2cccs2)n1)C1CC1. The topological polar surface area (TPSA) is 75.4 Å². The number of rotatable bonds is 6. The van der Waals surface area contributed by atoms with Gasteiger partial charge in [0.15, 0.2) is 0 Å². The van der Waals surface area contributed by atoms with Crippen LogP contribution in [0.4, 0.5) is 0 Å². The number of nitrogens with zero attached hydrogens (tertiary/aromatic N) is 1. The Labute approximate surface area is 127 Å². The van der Waals surface area contributed by atoms with Gasteiger partial charge in [-0.15, -0.1) is 11.3 Å². The van der Waals surface area contributed by atoms with Gasteiger partial charge >= 0.3 is 0 Å². The zero-order valence-electron chi connectivity index (χ0n) is 11.8. The highest BCUT2D eigenvalue weighted by Crippen LogP contribution is 2.39. The molecular formula is C15H18N2O3S. The summed E-state index contributed by atoms with van der Waals surface area (Å²) in [6, 6.07) is 3.86. The molecule has 0 saturated heterocycles. The van der Waals surface area contributed by atoms with Crippen LogP contribution in [-0.4, -0.2) is 28.1 Å². The van der Waals surface area contributed by atoms with Crippen LogP contribution in [-0.2, 0) is 11.2 Å². The van der Waals surface area contributed by atoms with E-state index in [4.69, 9.17) is 4.42 Å². The molecule has 2 N–H and O–H groups in total. The summed E-state index contributed by atoms with van der Waals surface area (Å²) in [5.41, 5.74) is 0.0872. The minimum Gasteiger partial charge on any atom is -0.444 e. The number of hydrogen-bond acceptors (Lipinski definition) is 5. The number of oxazole rings is 1. The van der Waals surface area contributed by atoms with Crippen molar-refractivity contribution in [3.63, 3.8) is 0 Å². The van der Waals surface area contributed by atoms with Crippen molar-refractivity contribution in [1.29, 1.82) is 0 Å². The third kappa shape index (κ3) is 3.16. The van der Waals surface area contributed by atoms with Crippen LogP contribution in [0.25, 0.3) is 10.8 Å². The maximum Gasteiger partial charge on any atom is 0.236 e. The number of amides is 1. The average molecular weight is 306 g/mol. The van der Waals surface area contributed by atoms with E-state index < -0.39 is 5.54 Å². The van der Waals surface area contributed by atoms with Crippen LogP contribution in [0.15, 0.2) is 28.2 Å². The predicted molar refractivity (Wildman–Crippen MR) is 79.9 cm³/mol. The summed E-state index contributed by atoms with van der Waals surface area (Å²) in [6.45, 7) is 1.85. The van der Waals surface area contributed by atoms with E-state index in [9.17, 15) is 9.90 Å². The Morgan fingerprint density at radius 1 is 1.62 bits per heavy atom. The summed E-state index contributed by atoms with van der Waals surface area (Å²) in [7, 11) is 0. The maximum atomic E-state index is 12.1. The Morgan fingerprint density at radius 3 is 3.05 bits per heavy atom. The standard InChI is InChI=1S/C15H18N2O3S/c1-15(9-18,10-4-5-10)17-13(19)7-11-8-20-14(16-11)12-3-2-6-21-12/h2-3,6,8,10,18H,4-5,7,9H2,1H3,(H,17,19). The van der Waals surface area contributed by atoms with Crippen LogP contribution in [0.5, 0.6) is 0 Å². The van der Waals surface area contributed by atoms with Crippen molar-refractivity contribution in [3.8, 4) is 10.8 Å². The molecule has 1 fully saturated rings. The molecule has 6 heteroatoms. The Hall–Kier alpha value is -1.66. The lowest BCUT2D eigenvalue weighted by Crippen LogP contribution is -2.51. The van der Waals surface area contributed by atoms with Crippen molar-refractivity contribution >= 4 is 17.2 Å². The third-order valence-corrected chi connectivity index (χ3v) is 4.72. The molecule has 1 saturated carbocycles. The van der Waals surface area contributed by atoms with E-state index in [-0.39, 0.29) is 18.9 Å². The quantitative estimate of drug-likeness (QED) is 0.858. The molecule has 21 heavy (non-hydrogen) atoms. The molecule has 0 bridgehead atoms. The lowest BCUT2D eigenvalue weighted by Gasteiger charge is -2.28. The van der Waals surface area contributed by atoms with Crippen LogP contribution in [0.3, 0.4) is 0 Å². The van der Waals surface area contributed by atoms with Gasteiger partial charge in [0, 0.05) is 0 Å². The highest BCUT2D eigenvalue weighted by Gasteiger charge is 2.42. The van der Waals surface area contributed by atoms with Gasteiger partial charge in [0.2, 0.25) is 11.8 Å².